The lowest BCUT2D eigenvalue weighted by atomic mass is 9.50. The summed E-state index contributed by atoms with van der Waals surface area (Å²) in [7, 11) is 0. The summed E-state index contributed by atoms with van der Waals surface area (Å²) in [5, 5.41) is 0. The quantitative estimate of drug-likeness (QED) is 0.533. The van der Waals surface area contributed by atoms with Crippen LogP contribution in [-0.4, -0.2) is 0 Å². The fourth-order valence-corrected chi connectivity index (χ4v) is 4.17. The summed E-state index contributed by atoms with van der Waals surface area (Å²) in [4.78, 5) is 0. The molecule has 0 N–H and O–H groups in total. The summed E-state index contributed by atoms with van der Waals surface area (Å²) in [6, 6.07) is 0. The van der Waals surface area contributed by atoms with Gasteiger partial charge >= 0.3 is 0 Å². The zero-order valence-electron chi connectivity index (χ0n) is 12.1. The first-order chi connectivity index (χ1) is 7.23. The molecule has 2 aliphatic carbocycles. The standard InChI is InChI=1S/C16H30/c1-11-7-13-9-15(3,4)16(5,6)10-14(13)8-12(11)2/h11-14H,7-10H2,1-6H3. The van der Waals surface area contributed by atoms with Gasteiger partial charge in [-0.2, -0.15) is 0 Å². The SMILES string of the molecule is CC1CC2CC(C)(C)C(C)(C)CC2CC1C. The Balaban J connectivity index is 2.15. The molecular formula is C16H30. The minimum atomic E-state index is 0.536. The topological polar surface area (TPSA) is 0 Å². The molecule has 0 bridgehead atoms. The molecule has 2 fully saturated rings. The zero-order valence-corrected chi connectivity index (χ0v) is 12.1. The average Bonchev–Trinajstić information content (AvgIpc) is 2.10. The molecule has 0 saturated heterocycles. The van der Waals surface area contributed by atoms with E-state index in [2.05, 4.69) is 41.5 Å². The second-order valence-electron chi connectivity index (χ2n) is 8.12. The first-order valence-electron chi connectivity index (χ1n) is 7.23. The maximum atomic E-state index is 2.49. The van der Waals surface area contributed by atoms with Crippen LogP contribution >= 0.6 is 0 Å². The minimum Gasteiger partial charge on any atom is -0.0622 e. The van der Waals surface area contributed by atoms with Crippen molar-refractivity contribution < 1.29 is 0 Å². The van der Waals surface area contributed by atoms with Crippen LogP contribution in [0.25, 0.3) is 0 Å². The molecule has 0 spiro atoms. The highest BCUT2D eigenvalue weighted by Crippen LogP contribution is 2.58. The van der Waals surface area contributed by atoms with Gasteiger partial charge in [-0.25, -0.2) is 0 Å². The molecule has 16 heavy (non-hydrogen) atoms. The third-order valence-corrected chi connectivity index (χ3v) is 6.36. The molecule has 0 heteroatoms. The van der Waals surface area contributed by atoms with Crippen LogP contribution in [0.3, 0.4) is 0 Å². The molecule has 0 amide bonds. The van der Waals surface area contributed by atoms with Gasteiger partial charge in [0, 0.05) is 0 Å². The molecule has 0 nitrogen and oxygen atoms in total. The zero-order chi connectivity index (χ0) is 12.1. The van der Waals surface area contributed by atoms with Crippen LogP contribution in [-0.2, 0) is 0 Å². The highest BCUT2D eigenvalue weighted by atomic mass is 14.5. The van der Waals surface area contributed by atoms with Gasteiger partial charge in [0.15, 0.2) is 0 Å². The fraction of sp³-hybridized carbons (Fsp3) is 1.00. The van der Waals surface area contributed by atoms with Gasteiger partial charge in [0.2, 0.25) is 0 Å². The first kappa shape index (κ1) is 12.5. The van der Waals surface area contributed by atoms with Crippen molar-refractivity contribution in [2.45, 2.75) is 67.2 Å². The molecular weight excluding hydrogens is 192 g/mol. The van der Waals surface area contributed by atoms with Crippen molar-refractivity contribution in [1.82, 2.24) is 0 Å². The number of fused-ring (bicyclic) bond motifs is 1. The summed E-state index contributed by atoms with van der Waals surface area (Å²) >= 11 is 0. The second kappa shape index (κ2) is 3.75. The highest BCUT2D eigenvalue weighted by Gasteiger charge is 2.48. The van der Waals surface area contributed by atoms with Crippen LogP contribution in [0.4, 0.5) is 0 Å². The molecule has 0 heterocycles. The van der Waals surface area contributed by atoms with Crippen molar-refractivity contribution in [3.05, 3.63) is 0 Å². The molecule has 0 aromatic heterocycles. The number of hydrogen-bond acceptors (Lipinski definition) is 0. The molecule has 4 atom stereocenters. The van der Waals surface area contributed by atoms with Crippen molar-refractivity contribution in [1.29, 1.82) is 0 Å². The van der Waals surface area contributed by atoms with Crippen molar-refractivity contribution >= 4 is 0 Å². The van der Waals surface area contributed by atoms with Gasteiger partial charge in [-0.1, -0.05) is 41.5 Å². The lowest BCUT2D eigenvalue weighted by Crippen LogP contribution is -2.46. The van der Waals surface area contributed by atoms with Crippen LogP contribution in [0, 0.1) is 34.5 Å². The number of hydrogen-bond donors (Lipinski definition) is 0. The van der Waals surface area contributed by atoms with E-state index in [1.807, 2.05) is 0 Å². The van der Waals surface area contributed by atoms with Crippen LogP contribution < -0.4 is 0 Å². The van der Waals surface area contributed by atoms with Gasteiger partial charge in [0.25, 0.3) is 0 Å². The lowest BCUT2D eigenvalue weighted by Gasteiger charge is -2.55. The first-order valence-corrected chi connectivity index (χ1v) is 7.23. The Kier molecular flexibility index (Phi) is 2.92. The lowest BCUT2D eigenvalue weighted by molar-refractivity contribution is -0.0524. The summed E-state index contributed by atoms with van der Waals surface area (Å²) in [5.74, 6) is 3.96. The van der Waals surface area contributed by atoms with E-state index in [0.29, 0.717) is 10.8 Å². The summed E-state index contributed by atoms with van der Waals surface area (Å²) in [5.41, 5.74) is 1.07. The molecule has 2 aliphatic rings. The molecule has 2 saturated carbocycles. The maximum absolute atomic E-state index is 2.49. The van der Waals surface area contributed by atoms with E-state index in [0.717, 1.165) is 23.7 Å². The predicted molar refractivity (Wildman–Crippen MR) is 71.3 cm³/mol. The predicted octanol–water partition coefficient (Wildman–Crippen LogP) is 5.13. The van der Waals surface area contributed by atoms with E-state index in [-0.39, 0.29) is 0 Å². The molecule has 0 radical (unpaired) electrons. The van der Waals surface area contributed by atoms with Crippen LogP contribution in [0.2, 0.25) is 0 Å². The Labute approximate surface area is 102 Å². The third kappa shape index (κ3) is 1.93. The normalized spacial score (nSPS) is 46.1. The molecule has 94 valence electrons. The molecule has 4 unspecified atom stereocenters. The van der Waals surface area contributed by atoms with E-state index in [1.165, 1.54) is 25.7 Å². The van der Waals surface area contributed by atoms with Gasteiger partial charge in [-0.3, -0.25) is 0 Å². The van der Waals surface area contributed by atoms with Gasteiger partial charge in [-0.05, 0) is 60.2 Å². The van der Waals surface area contributed by atoms with E-state index in [4.69, 9.17) is 0 Å². The molecule has 2 rings (SSSR count). The Morgan fingerprint density at radius 3 is 1.31 bits per heavy atom. The van der Waals surface area contributed by atoms with Crippen molar-refractivity contribution in [3.63, 3.8) is 0 Å². The van der Waals surface area contributed by atoms with Gasteiger partial charge < -0.3 is 0 Å². The Bertz CT molecular complexity index is 233. The third-order valence-electron chi connectivity index (χ3n) is 6.36. The second-order valence-corrected chi connectivity index (χ2v) is 8.12. The smallest absolute Gasteiger partial charge is 0.0300 e. The minimum absolute atomic E-state index is 0.536. The van der Waals surface area contributed by atoms with Crippen molar-refractivity contribution in [2.75, 3.05) is 0 Å². The Hall–Kier alpha value is 0. The molecule has 0 aromatic rings. The van der Waals surface area contributed by atoms with Crippen molar-refractivity contribution in [2.24, 2.45) is 34.5 Å². The Morgan fingerprint density at radius 2 is 1.00 bits per heavy atom. The fourth-order valence-electron chi connectivity index (χ4n) is 4.17. The summed E-state index contributed by atoms with van der Waals surface area (Å²) in [6.45, 7) is 14.9. The largest absolute Gasteiger partial charge is 0.0622 e. The molecule has 0 aromatic carbocycles. The van der Waals surface area contributed by atoms with Gasteiger partial charge in [0.1, 0.15) is 0 Å². The van der Waals surface area contributed by atoms with Crippen LogP contribution in [0.1, 0.15) is 67.2 Å². The van der Waals surface area contributed by atoms with Crippen molar-refractivity contribution in [3.8, 4) is 0 Å². The Morgan fingerprint density at radius 1 is 0.688 bits per heavy atom. The average molecular weight is 222 g/mol. The number of rotatable bonds is 0. The summed E-state index contributed by atoms with van der Waals surface area (Å²) in [6.07, 6.45) is 5.90. The van der Waals surface area contributed by atoms with E-state index in [1.54, 1.807) is 0 Å². The molecule has 0 aliphatic heterocycles. The van der Waals surface area contributed by atoms with E-state index in [9.17, 15) is 0 Å². The van der Waals surface area contributed by atoms with E-state index < -0.39 is 0 Å². The van der Waals surface area contributed by atoms with Gasteiger partial charge in [-0.15, -0.1) is 0 Å². The monoisotopic (exact) mass is 222 g/mol. The van der Waals surface area contributed by atoms with E-state index >= 15 is 0 Å². The summed E-state index contributed by atoms with van der Waals surface area (Å²) < 4.78 is 0. The van der Waals surface area contributed by atoms with Gasteiger partial charge in [0.05, 0.1) is 0 Å². The van der Waals surface area contributed by atoms with Crippen LogP contribution in [0.5, 0.6) is 0 Å². The highest BCUT2D eigenvalue weighted by molar-refractivity contribution is 4.98. The maximum Gasteiger partial charge on any atom is -0.0300 e. The van der Waals surface area contributed by atoms with Crippen LogP contribution in [0.15, 0.2) is 0 Å².